The summed E-state index contributed by atoms with van der Waals surface area (Å²) in [6.07, 6.45) is 3.60. The van der Waals surface area contributed by atoms with Crippen molar-refractivity contribution in [2.75, 3.05) is 0 Å². The maximum atomic E-state index is 15.6. The van der Waals surface area contributed by atoms with Gasteiger partial charge in [-0.2, -0.15) is 0 Å². The lowest BCUT2D eigenvalue weighted by Gasteiger charge is -2.65. The third-order valence-electron chi connectivity index (χ3n) is 12.3. The Labute approximate surface area is 243 Å². The first kappa shape index (κ1) is 30.9. The average molecular weight is 596 g/mol. The number of sulfonamides is 1. The van der Waals surface area contributed by atoms with Crippen molar-refractivity contribution in [2.45, 2.75) is 109 Å². The number of carbonyl (C=O) groups is 1. The predicted molar refractivity (Wildman–Crippen MR) is 152 cm³/mol. The average Bonchev–Trinajstić information content (AvgIpc) is 3.27. The monoisotopic (exact) mass is 595 g/mol. The number of hydrogen-bond acceptors (Lipinski definition) is 5. The van der Waals surface area contributed by atoms with Crippen LogP contribution in [0, 0.1) is 58.1 Å². The lowest BCUT2D eigenvalue weighted by Crippen LogP contribution is -2.65. The fraction of sp³-hybridized carbons (Fsp3) is 0.781. The predicted octanol–water partition coefficient (Wildman–Crippen LogP) is 5.62. The molecule has 5 rings (SSSR count). The maximum Gasteiger partial charge on any atom is 0.264 e. The molecule has 4 fully saturated rings. The van der Waals surface area contributed by atoms with Crippen molar-refractivity contribution in [3.05, 3.63) is 30.1 Å². The number of hydrogen-bond donors (Lipinski definition) is 3. The van der Waals surface area contributed by atoms with Gasteiger partial charge in [-0.15, -0.1) is 0 Å². The Morgan fingerprint density at radius 3 is 2.46 bits per heavy atom. The van der Waals surface area contributed by atoms with Crippen LogP contribution in [-0.2, 0) is 14.8 Å². The van der Waals surface area contributed by atoms with Crippen LogP contribution >= 0.6 is 0 Å². The molecular weight excluding hydrogens is 548 g/mol. The molecule has 0 aromatic heterocycles. The molecule has 0 radical (unpaired) electrons. The summed E-state index contributed by atoms with van der Waals surface area (Å²) in [6.45, 7) is 8.72. The summed E-state index contributed by atoms with van der Waals surface area (Å²) in [5.74, 6) is -0.641. The van der Waals surface area contributed by atoms with E-state index in [1.807, 2.05) is 6.92 Å². The number of carbonyl (C=O) groups excluding carboxylic acids is 1. The fourth-order valence-electron chi connectivity index (χ4n) is 10.4. The number of rotatable bonds is 7. The first-order valence-electron chi connectivity index (χ1n) is 15.6. The summed E-state index contributed by atoms with van der Waals surface area (Å²) in [4.78, 5) is 12.4. The molecule has 1 aromatic carbocycles. The van der Waals surface area contributed by atoms with Crippen molar-refractivity contribution < 1.29 is 32.2 Å². The molecule has 1 aromatic rings. The minimum Gasteiger partial charge on any atom is -0.393 e. The van der Waals surface area contributed by atoms with Crippen molar-refractivity contribution in [1.29, 1.82) is 0 Å². The molecule has 6 nitrogen and oxygen atoms in total. The summed E-state index contributed by atoms with van der Waals surface area (Å²) in [7, 11) is -4.14. The number of halogens is 2. The van der Waals surface area contributed by atoms with Gasteiger partial charge in [-0.1, -0.05) is 40.2 Å². The summed E-state index contributed by atoms with van der Waals surface area (Å²) in [5.41, 5.74) is -0.254. The number of aliphatic hydroxyl groups is 2. The van der Waals surface area contributed by atoms with Crippen LogP contribution < -0.4 is 4.72 Å². The topological polar surface area (TPSA) is 104 Å². The van der Waals surface area contributed by atoms with Crippen molar-refractivity contribution in [1.82, 2.24) is 4.72 Å². The third-order valence-corrected chi connectivity index (χ3v) is 13.7. The summed E-state index contributed by atoms with van der Waals surface area (Å²) in [5, 5.41) is 22.2. The first-order valence-corrected chi connectivity index (χ1v) is 17.0. The molecule has 1 amide bonds. The molecule has 3 N–H and O–H groups in total. The van der Waals surface area contributed by atoms with Crippen LogP contribution in [0.4, 0.5) is 8.78 Å². The Kier molecular flexibility index (Phi) is 8.40. The Morgan fingerprint density at radius 1 is 1.10 bits per heavy atom. The Morgan fingerprint density at radius 2 is 1.78 bits per heavy atom. The minimum absolute atomic E-state index is 0.0174. The van der Waals surface area contributed by atoms with Crippen LogP contribution in [0.5, 0.6) is 0 Å². The Balaban J connectivity index is 1.28. The second-order valence-corrected chi connectivity index (χ2v) is 15.8. The lowest BCUT2D eigenvalue weighted by molar-refractivity contribution is -0.222. The fourth-order valence-corrected chi connectivity index (χ4v) is 11.5. The first-order chi connectivity index (χ1) is 19.2. The SMILES string of the molecule is CC[C@H]1[C@@H](O)[C@@H]2[C@H](CC[C@]3(C)[C@@H]([C@H](C)CCC(=O)NS(=O)(=O)c4cccc(F)c4)CC[C@@H]23)[C@@]2(C)CC[C@@H](O)[C@H](F)[C@@H]12. The van der Waals surface area contributed by atoms with Gasteiger partial charge in [0.1, 0.15) is 12.0 Å². The highest BCUT2D eigenvalue weighted by Gasteiger charge is 2.66. The van der Waals surface area contributed by atoms with Crippen LogP contribution in [0.15, 0.2) is 29.2 Å². The van der Waals surface area contributed by atoms with Gasteiger partial charge in [-0.05, 0) is 109 Å². The number of aliphatic hydroxyl groups excluding tert-OH is 2. The van der Waals surface area contributed by atoms with Gasteiger partial charge in [0.05, 0.1) is 17.1 Å². The molecule has 4 saturated carbocycles. The van der Waals surface area contributed by atoms with Gasteiger partial charge in [-0.3, -0.25) is 4.79 Å². The van der Waals surface area contributed by atoms with Gasteiger partial charge in [0, 0.05) is 12.3 Å². The van der Waals surface area contributed by atoms with E-state index in [9.17, 15) is 27.8 Å². The van der Waals surface area contributed by atoms with Gasteiger partial charge in [0.2, 0.25) is 5.91 Å². The van der Waals surface area contributed by atoms with E-state index < -0.39 is 40.1 Å². The van der Waals surface area contributed by atoms with Gasteiger partial charge in [-0.25, -0.2) is 21.9 Å². The molecule has 230 valence electrons. The molecule has 0 heterocycles. The van der Waals surface area contributed by atoms with E-state index in [1.165, 1.54) is 12.1 Å². The van der Waals surface area contributed by atoms with Crippen molar-refractivity contribution in [3.8, 4) is 0 Å². The smallest absolute Gasteiger partial charge is 0.264 e. The lowest BCUT2D eigenvalue weighted by atomic mass is 9.41. The molecule has 12 atom stereocenters. The zero-order valence-electron chi connectivity index (χ0n) is 24.7. The van der Waals surface area contributed by atoms with E-state index >= 15 is 4.39 Å². The third kappa shape index (κ3) is 5.16. The highest BCUT2D eigenvalue weighted by molar-refractivity contribution is 7.90. The largest absolute Gasteiger partial charge is 0.393 e. The number of amides is 1. The highest BCUT2D eigenvalue weighted by atomic mass is 32.2. The Bertz CT molecular complexity index is 1240. The second-order valence-electron chi connectivity index (χ2n) is 14.2. The Hall–Kier alpha value is -1.58. The van der Waals surface area contributed by atoms with Crippen LogP contribution in [-0.4, -0.2) is 42.9 Å². The maximum absolute atomic E-state index is 15.6. The molecule has 0 aliphatic heterocycles. The van der Waals surface area contributed by atoms with E-state index in [2.05, 4.69) is 25.5 Å². The molecule has 0 bridgehead atoms. The second kappa shape index (κ2) is 11.2. The van der Waals surface area contributed by atoms with Crippen LogP contribution in [0.2, 0.25) is 0 Å². The summed E-state index contributed by atoms with van der Waals surface area (Å²) >= 11 is 0. The standard InChI is InChI=1S/C32H47F2NO5S/c1-5-21-28-29(34)25(36)14-16-32(28,4)24-13-15-31(3)22(10-11-23(31)27(24)30(21)38)18(2)9-12-26(37)35-41(39,40)20-8-6-7-19(33)17-20/h6-8,17-18,21-25,27-30,36,38H,5,9-16H2,1-4H3,(H,35,37)/t18-,21-,22-,23+,24+,25-,27+,28-,29+,30-,31-,32-/m1/s1. The van der Waals surface area contributed by atoms with Gasteiger partial charge < -0.3 is 10.2 Å². The van der Waals surface area contributed by atoms with Gasteiger partial charge in [0.15, 0.2) is 0 Å². The molecular formula is C32H47F2NO5S. The molecule has 0 saturated heterocycles. The zero-order valence-corrected chi connectivity index (χ0v) is 25.5. The van der Waals surface area contributed by atoms with E-state index in [4.69, 9.17) is 0 Å². The number of alkyl halides is 1. The molecule has 0 spiro atoms. The number of fused-ring (bicyclic) bond motifs is 5. The quantitative estimate of drug-likeness (QED) is 0.380. The molecule has 0 unspecified atom stereocenters. The summed E-state index contributed by atoms with van der Waals surface area (Å²) in [6, 6.07) is 4.59. The van der Waals surface area contributed by atoms with Crippen LogP contribution in [0.25, 0.3) is 0 Å². The summed E-state index contributed by atoms with van der Waals surface area (Å²) < 4.78 is 56.3. The van der Waals surface area contributed by atoms with E-state index in [0.29, 0.717) is 31.1 Å². The van der Waals surface area contributed by atoms with E-state index in [-0.39, 0.29) is 51.7 Å². The molecule has 4 aliphatic carbocycles. The van der Waals surface area contributed by atoms with Crippen molar-refractivity contribution in [3.63, 3.8) is 0 Å². The molecule has 4 aliphatic rings. The molecule has 9 heteroatoms. The molecule has 41 heavy (non-hydrogen) atoms. The van der Waals surface area contributed by atoms with Crippen molar-refractivity contribution >= 4 is 15.9 Å². The van der Waals surface area contributed by atoms with Gasteiger partial charge >= 0.3 is 0 Å². The van der Waals surface area contributed by atoms with Crippen LogP contribution in [0.1, 0.15) is 85.5 Å². The normalized spacial score (nSPS) is 43.0. The minimum atomic E-state index is -4.14. The number of benzene rings is 1. The highest BCUT2D eigenvalue weighted by Crippen LogP contribution is 2.69. The number of nitrogens with one attached hydrogen (secondary N) is 1. The van der Waals surface area contributed by atoms with Crippen molar-refractivity contribution in [2.24, 2.45) is 52.3 Å². The van der Waals surface area contributed by atoms with Gasteiger partial charge in [0.25, 0.3) is 10.0 Å². The van der Waals surface area contributed by atoms with E-state index in [1.54, 1.807) is 0 Å². The zero-order chi connectivity index (χ0) is 29.9. The van der Waals surface area contributed by atoms with Crippen LogP contribution in [0.3, 0.4) is 0 Å². The van der Waals surface area contributed by atoms with E-state index in [0.717, 1.165) is 44.2 Å².